The fourth-order valence-corrected chi connectivity index (χ4v) is 0. The standard InChI is InChI=1S/2C3H8O.2N3.Ti/c2*1-3(2)4;2*1-3-2;/h2*3-4H,1-2H3;;;/q;;2*-1;+2. The van der Waals surface area contributed by atoms with Crippen LogP contribution in [0, 0.1) is 0 Å². The van der Waals surface area contributed by atoms with Gasteiger partial charge in [-0.05, 0) is 27.7 Å². The first-order valence-electron chi connectivity index (χ1n) is 3.63. The van der Waals surface area contributed by atoms with Crippen molar-refractivity contribution in [3.05, 3.63) is 31.9 Å². The summed E-state index contributed by atoms with van der Waals surface area (Å²) in [5.41, 5.74) is 27.0. The summed E-state index contributed by atoms with van der Waals surface area (Å²) in [6, 6.07) is 0. The first kappa shape index (κ1) is 29.2. The second-order valence-electron chi connectivity index (χ2n) is 2.37. The SMILES string of the molecule is CC(C)O.CC(C)O.[N-]=[N+]=[N-].[N-]=[N+]=[N-].[Ti+2]. The molecule has 0 amide bonds. The van der Waals surface area contributed by atoms with Crippen LogP contribution in [0.4, 0.5) is 0 Å². The van der Waals surface area contributed by atoms with Crippen LogP contribution in [-0.2, 0) is 21.7 Å². The van der Waals surface area contributed by atoms with Gasteiger partial charge < -0.3 is 32.3 Å². The monoisotopic (exact) mass is 252 g/mol. The van der Waals surface area contributed by atoms with Crippen LogP contribution in [0.15, 0.2) is 0 Å². The summed E-state index contributed by atoms with van der Waals surface area (Å²) in [6.45, 7) is 6.89. The van der Waals surface area contributed by atoms with Crippen LogP contribution >= 0.6 is 0 Å². The molecule has 0 aromatic rings. The van der Waals surface area contributed by atoms with Crippen LogP contribution in [0.25, 0.3) is 31.9 Å². The molecule has 86 valence electrons. The number of aliphatic hydroxyl groups excluding tert-OH is 2. The van der Waals surface area contributed by atoms with E-state index in [2.05, 4.69) is 0 Å². The van der Waals surface area contributed by atoms with Gasteiger partial charge in [0.1, 0.15) is 0 Å². The predicted molar refractivity (Wildman–Crippen MR) is 54.9 cm³/mol. The minimum atomic E-state index is -0.167. The van der Waals surface area contributed by atoms with Crippen molar-refractivity contribution >= 4 is 0 Å². The van der Waals surface area contributed by atoms with Crippen molar-refractivity contribution in [1.29, 1.82) is 0 Å². The second-order valence-corrected chi connectivity index (χ2v) is 2.37. The van der Waals surface area contributed by atoms with Crippen LogP contribution in [-0.4, -0.2) is 22.4 Å². The maximum atomic E-state index is 8.06. The van der Waals surface area contributed by atoms with Gasteiger partial charge in [-0.25, -0.2) is 0 Å². The molecule has 0 spiro atoms. The first-order chi connectivity index (χ1) is 6.29. The van der Waals surface area contributed by atoms with Gasteiger partial charge in [-0.15, -0.1) is 0 Å². The number of hydrogen-bond acceptors (Lipinski definition) is 2. The Morgan fingerprint density at radius 3 is 0.733 bits per heavy atom. The smallest absolute Gasteiger partial charge is 0.394 e. The van der Waals surface area contributed by atoms with Gasteiger partial charge in [0.05, 0.1) is 0 Å². The number of aliphatic hydroxyl groups is 2. The summed E-state index contributed by atoms with van der Waals surface area (Å²) in [5.74, 6) is 0. The molecule has 0 atom stereocenters. The molecule has 0 aliphatic rings. The topological polar surface area (TPSA) is 158 Å². The van der Waals surface area contributed by atoms with Gasteiger partial charge >= 0.3 is 21.7 Å². The third-order valence-corrected chi connectivity index (χ3v) is 0. The third kappa shape index (κ3) is 3020. The molecule has 0 aliphatic heterocycles. The average molecular weight is 252 g/mol. The molecule has 0 saturated carbocycles. The van der Waals surface area contributed by atoms with Crippen LogP contribution < -0.4 is 0 Å². The van der Waals surface area contributed by atoms with Crippen molar-refractivity contribution in [1.82, 2.24) is 0 Å². The fourth-order valence-electron chi connectivity index (χ4n) is 0. The van der Waals surface area contributed by atoms with E-state index >= 15 is 0 Å². The summed E-state index contributed by atoms with van der Waals surface area (Å²) >= 11 is 0. The van der Waals surface area contributed by atoms with E-state index in [1.54, 1.807) is 27.7 Å². The van der Waals surface area contributed by atoms with Crippen molar-refractivity contribution in [2.24, 2.45) is 0 Å². The summed E-state index contributed by atoms with van der Waals surface area (Å²) in [7, 11) is 0. The van der Waals surface area contributed by atoms with Gasteiger partial charge in [-0.1, -0.05) is 0 Å². The molecule has 0 rings (SSSR count). The minimum Gasteiger partial charge on any atom is -0.394 e. The molecule has 15 heavy (non-hydrogen) atoms. The van der Waals surface area contributed by atoms with Gasteiger partial charge in [0, 0.05) is 12.2 Å². The van der Waals surface area contributed by atoms with Crippen LogP contribution in [0.2, 0.25) is 0 Å². The predicted octanol–water partition coefficient (Wildman–Crippen LogP) is 2.50. The minimum absolute atomic E-state index is 0. The average Bonchev–Trinajstić information content (AvgIpc) is 1.85. The van der Waals surface area contributed by atoms with E-state index in [1.165, 1.54) is 9.82 Å². The number of rotatable bonds is 0. The zero-order chi connectivity index (χ0) is 12.6. The quantitative estimate of drug-likeness (QED) is 0.293. The molecule has 0 aromatic heterocycles. The molecule has 0 radical (unpaired) electrons. The molecule has 0 aromatic carbocycles. The molecule has 0 heterocycles. The Morgan fingerprint density at radius 2 is 0.733 bits per heavy atom. The number of hydrogen-bond donors (Lipinski definition) is 2. The normalized spacial score (nSPS) is 5.87. The Morgan fingerprint density at radius 1 is 0.733 bits per heavy atom. The Bertz CT molecular complexity index is 128. The molecule has 9 heteroatoms. The van der Waals surface area contributed by atoms with E-state index < -0.39 is 0 Å². The third-order valence-electron chi connectivity index (χ3n) is 0. The van der Waals surface area contributed by atoms with Crippen molar-refractivity contribution in [3.63, 3.8) is 0 Å². The van der Waals surface area contributed by atoms with E-state index in [-0.39, 0.29) is 33.9 Å². The van der Waals surface area contributed by atoms with E-state index in [1.807, 2.05) is 0 Å². The molecule has 0 unspecified atom stereocenters. The maximum absolute atomic E-state index is 8.06. The molecule has 0 fully saturated rings. The molecule has 0 saturated heterocycles. The van der Waals surface area contributed by atoms with Gasteiger partial charge in [0.2, 0.25) is 0 Å². The molecule has 0 bridgehead atoms. The summed E-state index contributed by atoms with van der Waals surface area (Å²) in [5, 5.41) is 16.1. The Balaban J connectivity index is -0.0000000293. The largest absolute Gasteiger partial charge is 2.00 e. The van der Waals surface area contributed by atoms with Gasteiger partial charge in [-0.3, -0.25) is 9.82 Å². The van der Waals surface area contributed by atoms with Crippen LogP contribution in [0.1, 0.15) is 27.7 Å². The number of nitrogens with zero attached hydrogens (tertiary/aromatic N) is 6. The zero-order valence-corrected chi connectivity index (χ0v) is 10.8. The van der Waals surface area contributed by atoms with Gasteiger partial charge in [-0.2, -0.15) is 0 Å². The van der Waals surface area contributed by atoms with Crippen molar-refractivity contribution in [2.75, 3.05) is 0 Å². The zero-order valence-electron chi connectivity index (χ0n) is 9.23. The molecule has 8 nitrogen and oxygen atoms in total. The summed E-state index contributed by atoms with van der Waals surface area (Å²) < 4.78 is 0. The van der Waals surface area contributed by atoms with Gasteiger partial charge in [0.15, 0.2) is 0 Å². The molecule has 2 N–H and O–H groups in total. The van der Waals surface area contributed by atoms with E-state index in [0.717, 1.165) is 0 Å². The van der Waals surface area contributed by atoms with Crippen molar-refractivity contribution < 1.29 is 31.9 Å². The van der Waals surface area contributed by atoms with Crippen molar-refractivity contribution in [2.45, 2.75) is 39.9 Å². The van der Waals surface area contributed by atoms with E-state index in [4.69, 9.17) is 32.3 Å². The molecular formula is C6H16N6O2Ti. The Kier molecular flexibility index (Phi) is 73.7. The van der Waals surface area contributed by atoms with Crippen LogP contribution in [0.5, 0.6) is 0 Å². The fraction of sp³-hybridized carbons (Fsp3) is 1.00. The summed E-state index contributed by atoms with van der Waals surface area (Å²) in [6.07, 6.45) is -0.333. The van der Waals surface area contributed by atoms with E-state index in [9.17, 15) is 0 Å². The maximum Gasteiger partial charge on any atom is 2.00 e. The summed E-state index contributed by atoms with van der Waals surface area (Å²) in [4.78, 5) is 3.00. The second kappa shape index (κ2) is 37.8. The Labute approximate surface area is 104 Å². The first-order valence-corrected chi connectivity index (χ1v) is 3.63. The molecule has 0 aliphatic carbocycles. The van der Waals surface area contributed by atoms with E-state index in [0.29, 0.717) is 0 Å². The van der Waals surface area contributed by atoms with Crippen molar-refractivity contribution in [3.8, 4) is 0 Å². The Hall–Kier alpha value is -0.746. The molecular weight excluding hydrogens is 236 g/mol. The van der Waals surface area contributed by atoms with Crippen LogP contribution in [0.3, 0.4) is 0 Å². The van der Waals surface area contributed by atoms with Gasteiger partial charge in [0.25, 0.3) is 0 Å².